The Morgan fingerprint density at radius 3 is 2.35 bits per heavy atom. The van der Waals surface area contributed by atoms with Crippen LogP contribution in [0, 0.1) is 0 Å². The number of rotatable bonds is 6. The number of hydrogen-bond acceptors (Lipinski definition) is 3. The molecule has 5 nitrogen and oxygen atoms in total. The molecule has 1 aliphatic carbocycles. The molecule has 31 heavy (non-hydrogen) atoms. The van der Waals surface area contributed by atoms with Crippen molar-refractivity contribution in [3.8, 4) is 5.75 Å². The topological polar surface area (TPSA) is 81.4 Å². The lowest BCUT2D eigenvalue weighted by Crippen LogP contribution is -2.40. The predicted molar refractivity (Wildman–Crippen MR) is 110 cm³/mol. The second kappa shape index (κ2) is 9.41. The Labute approximate surface area is 178 Å². The third-order valence-electron chi connectivity index (χ3n) is 5.62. The number of primary amides is 1. The Morgan fingerprint density at radius 1 is 1.06 bits per heavy atom. The lowest BCUT2D eigenvalue weighted by Gasteiger charge is -2.28. The lowest BCUT2D eigenvalue weighted by molar-refractivity contribution is -0.138. The summed E-state index contributed by atoms with van der Waals surface area (Å²) in [6.45, 7) is 0. The average molecular weight is 434 g/mol. The molecule has 2 aromatic carbocycles. The summed E-state index contributed by atoms with van der Waals surface area (Å²) in [5, 5.41) is 2.93. The molecule has 3 rings (SSSR count). The number of alkyl halides is 3. The molecule has 8 heteroatoms. The molecule has 1 fully saturated rings. The fourth-order valence-corrected chi connectivity index (χ4v) is 4.09. The normalized spacial score (nSPS) is 15.9. The number of carbonyl (C=O) groups is 2. The first kappa shape index (κ1) is 22.7. The molecule has 3 N–H and O–H groups in total. The Balaban J connectivity index is 2.14. The molecule has 1 aliphatic rings. The Hall–Kier alpha value is -3.03. The smallest absolute Gasteiger partial charge is 0.416 e. The van der Waals surface area contributed by atoms with Gasteiger partial charge in [0, 0.05) is 17.2 Å². The van der Waals surface area contributed by atoms with Crippen LogP contribution in [0.1, 0.15) is 65.1 Å². The summed E-state index contributed by atoms with van der Waals surface area (Å²) in [4.78, 5) is 24.8. The number of ether oxygens (including phenoxy) is 1. The van der Waals surface area contributed by atoms with E-state index in [1.54, 1.807) is 24.3 Å². The number of nitrogens with two attached hydrogens (primary N) is 1. The van der Waals surface area contributed by atoms with Crippen molar-refractivity contribution >= 4 is 11.8 Å². The van der Waals surface area contributed by atoms with Crippen molar-refractivity contribution in [3.63, 3.8) is 0 Å². The minimum atomic E-state index is -4.79. The van der Waals surface area contributed by atoms with Gasteiger partial charge in [0.05, 0.1) is 18.6 Å². The van der Waals surface area contributed by atoms with Crippen LogP contribution in [0.15, 0.2) is 42.5 Å². The van der Waals surface area contributed by atoms with Gasteiger partial charge in [0.2, 0.25) is 11.8 Å². The maximum atomic E-state index is 14.0. The number of hydrogen-bond donors (Lipinski definition) is 2. The van der Waals surface area contributed by atoms with Crippen molar-refractivity contribution in [3.05, 3.63) is 64.7 Å². The first-order chi connectivity index (χ1) is 14.7. The summed E-state index contributed by atoms with van der Waals surface area (Å²) in [7, 11) is 1.40. The molecular weight excluding hydrogens is 409 g/mol. The third-order valence-corrected chi connectivity index (χ3v) is 5.62. The monoisotopic (exact) mass is 434 g/mol. The zero-order valence-corrected chi connectivity index (χ0v) is 17.2. The molecule has 0 spiro atoms. The highest BCUT2D eigenvalue weighted by atomic mass is 19.4. The van der Waals surface area contributed by atoms with E-state index in [4.69, 9.17) is 10.5 Å². The number of benzene rings is 2. The van der Waals surface area contributed by atoms with Crippen LogP contribution >= 0.6 is 0 Å². The van der Waals surface area contributed by atoms with Crippen LogP contribution in [0.25, 0.3) is 0 Å². The molecule has 166 valence electrons. The van der Waals surface area contributed by atoms with Crippen molar-refractivity contribution in [1.29, 1.82) is 0 Å². The van der Waals surface area contributed by atoms with Gasteiger partial charge in [-0.1, -0.05) is 43.5 Å². The fourth-order valence-electron chi connectivity index (χ4n) is 4.09. The third kappa shape index (κ3) is 5.18. The van der Waals surface area contributed by atoms with Crippen LogP contribution < -0.4 is 15.8 Å². The molecule has 0 heterocycles. The zero-order chi connectivity index (χ0) is 22.6. The van der Waals surface area contributed by atoms with Crippen molar-refractivity contribution in [2.45, 2.75) is 50.2 Å². The number of methoxy groups -OCH3 is 1. The van der Waals surface area contributed by atoms with Crippen LogP contribution in [0.4, 0.5) is 13.2 Å². The largest absolute Gasteiger partial charge is 0.496 e. The second-order valence-electron chi connectivity index (χ2n) is 7.68. The van der Waals surface area contributed by atoms with E-state index >= 15 is 0 Å². The number of halogens is 3. The molecule has 0 bridgehead atoms. The molecule has 1 unspecified atom stereocenters. The quantitative estimate of drug-likeness (QED) is 0.707. The first-order valence-corrected chi connectivity index (χ1v) is 10.2. The molecule has 1 saturated carbocycles. The Kier molecular flexibility index (Phi) is 6.87. The van der Waals surface area contributed by atoms with Gasteiger partial charge in [-0.15, -0.1) is 0 Å². The SMILES string of the molecule is COc1ccccc1C(C(=O)NC1CCCCC1)c1ccc(C(N)=O)cc1C(F)(F)F. The second-order valence-corrected chi connectivity index (χ2v) is 7.68. The van der Waals surface area contributed by atoms with Crippen molar-refractivity contribution in [2.24, 2.45) is 5.73 Å². The van der Waals surface area contributed by atoms with Crippen molar-refractivity contribution in [2.75, 3.05) is 7.11 Å². The maximum absolute atomic E-state index is 14.0. The molecule has 2 aromatic rings. The highest BCUT2D eigenvalue weighted by molar-refractivity contribution is 5.94. The number of amides is 2. The van der Waals surface area contributed by atoms with E-state index in [9.17, 15) is 22.8 Å². The van der Waals surface area contributed by atoms with Gasteiger partial charge in [-0.2, -0.15) is 13.2 Å². The summed E-state index contributed by atoms with van der Waals surface area (Å²) >= 11 is 0. The van der Waals surface area contributed by atoms with Crippen LogP contribution in [0.2, 0.25) is 0 Å². The predicted octanol–water partition coefficient (Wildman–Crippen LogP) is 4.39. The van der Waals surface area contributed by atoms with Gasteiger partial charge >= 0.3 is 6.18 Å². The standard InChI is InChI=1S/C23H25F3N2O3/c1-31-19-10-6-5-9-17(19)20(22(30)28-15-7-3-2-4-8-15)16-12-11-14(21(27)29)13-18(16)23(24,25)26/h5-6,9-13,15,20H,2-4,7-8H2,1H3,(H2,27,29)(H,28,30). The van der Waals surface area contributed by atoms with E-state index in [0.29, 0.717) is 17.4 Å². The zero-order valence-electron chi connectivity index (χ0n) is 17.2. The Bertz CT molecular complexity index is 953. The maximum Gasteiger partial charge on any atom is 0.416 e. The summed E-state index contributed by atoms with van der Waals surface area (Å²) in [5.41, 5.74) is 3.90. The summed E-state index contributed by atoms with van der Waals surface area (Å²) in [6, 6.07) is 9.48. The summed E-state index contributed by atoms with van der Waals surface area (Å²) in [6.07, 6.45) is -0.202. The number of para-hydroxylation sites is 1. The fraction of sp³-hybridized carbons (Fsp3) is 0.391. The minimum Gasteiger partial charge on any atom is -0.496 e. The highest BCUT2D eigenvalue weighted by Crippen LogP contribution is 2.40. The minimum absolute atomic E-state index is 0.0855. The van der Waals surface area contributed by atoms with Gasteiger partial charge in [0.15, 0.2) is 0 Å². The van der Waals surface area contributed by atoms with Crippen LogP contribution in [0.5, 0.6) is 5.75 Å². The molecular formula is C23H25F3N2O3. The van der Waals surface area contributed by atoms with Crippen molar-refractivity contribution < 1.29 is 27.5 Å². The molecule has 0 aromatic heterocycles. The van der Waals surface area contributed by atoms with E-state index in [1.165, 1.54) is 13.2 Å². The van der Waals surface area contributed by atoms with Crippen molar-refractivity contribution in [1.82, 2.24) is 5.32 Å². The average Bonchev–Trinajstić information content (AvgIpc) is 2.74. The number of nitrogens with one attached hydrogen (secondary N) is 1. The van der Waals surface area contributed by atoms with Gasteiger partial charge in [0.1, 0.15) is 5.75 Å². The van der Waals surface area contributed by atoms with Gasteiger partial charge in [-0.3, -0.25) is 9.59 Å². The van der Waals surface area contributed by atoms with E-state index in [2.05, 4.69) is 5.32 Å². The van der Waals surface area contributed by atoms with E-state index in [-0.39, 0.29) is 17.2 Å². The van der Waals surface area contributed by atoms with Gasteiger partial charge in [-0.25, -0.2) is 0 Å². The van der Waals surface area contributed by atoms with Crippen LogP contribution in [-0.2, 0) is 11.0 Å². The van der Waals surface area contributed by atoms with E-state index in [1.807, 2.05) is 0 Å². The van der Waals surface area contributed by atoms with E-state index < -0.39 is 29.5 Å². The number of carbonyl (C=O) groups excluding carboxylic acids is 2. The summed E-state index contributed by atoms with van der Waals surface area (Å²) < 4.78 is 47.2. The molecule has 0 aliphatic heterocycles. The van der Waals surface area contributed by atoms with E-state index in [0.717, 1.165) is 38.2 Å². The molecule has 0 saturated heterocycles. The van der Waals surface area contributed by atoms with Crippen LogP contribution in [0.3, 0.4) is 0 Å². The van der Waals surface area contributed by atoms with Gasteiger partial charge < -0.3 is 15.8 Å². The highest BCUT2D eigenvalue weighted by Gasteiger charge is 2.39. The molecule has 2 amide bonds. The Morgan fingerprint density at radius 2 is 1.74 bits per heavy atom. The lowest BCUT2D eigenvalue weighted by atomic mass is 9.85. The van der Waals surface area contributed by atoms with Crippen LogP contribution in [-0.4, -0.2) is 25.0 Å². The molecule has 0 radical (unpaired) electrons. The van der Waals surface area contributed by atoms with Gasteiger partial charge in [0.25, 0.3) is 0 Å². The first-order valence-electron chi connectivity index (χ1n) is 10.2. The van der Waals surface area contributed by atoms with Gasteiger partial charge in [-0.05, 0) is 36.6 Å². The summed E-state index contributed by atoms with van der Waals surface area (Å²) in [5.74, 6) is -2.47. The molecule has 1 atom stereocenters.